The second kappa shape index (κ2) is 18.4. The Kier molecular flexibility index (Phi) is 14.0. The fourth-order valence-corrected chi connectivity index (χ4v) is 7.92. The van der Waals surface area contributed by atoms with Crippen molar-refractivity contribution in [1.82, 2.24) is 15.7 Å². The molecule has 1 saturated carbocycles. The Balaban J connectivity index is 1.28. The molecule has 5 N–H and O–H groups in total. The largest absolute Gasteiger partial charge is 0.392 e. The summed E-state index contributed by atoms with van der Waals surface area (Å²) in [6, 6.07) is 15.6. The summed E-state index contributed by atoms with van der Waals surface area (Å²) in [5.74, 6) is 0.227. The van der Waals surface area contributed by atoms with Crippen LogP contribution in [0.3, 0.4) is 0 Å². The number of aliphatic hydroxyl groups is 1. The molecule has 5 rings (SSSR count). The molecular formula is C40H58N4O7. The van der Waals surface area contributed by atoms with Crippen LogP contribution in [0.1, 0.15) is 133 Å². The molecule has 1 aliphatic carbocycles. The summed E-state index contributed by atoms with van der Waals surface area (Å²) in [4.78, 5) is 39.9. The number of carbonyl (C=O) groups excluding carboxylic acids is 3. The van der Waals surface area contributed by atoms with Gasteiger partial charge in [0.25, 0.3) is 0 Å². The molecule has 11 heteroatoms. The predicted molar refractivity (Wildman–Crippen MR) is 194 cm³/mol. The Morgan fingerprint density at radius 3 is 2.16 bits per heavy atom. The highest BCUT2D eigenvalue weighted by Gasteiger charge is 2.44. The van der Waals surface area contributed by atoms with Gasteiger partial charge in [-0.05, 0) is 88.5 Å². The van der Waals surface area contributed by atoms with E-state index in [0.29, 0.717) is 49.9 Å². The first-order chi connectivity index (χ1) is 24.5. The number of likely N-dealkylation sites (tertiary alicyclic amines) is 1. The van der Waals surface area contributed by atoms with E-state index in [0.717, 1.165) is 48.8 Å². The van der Waals surface area contributed by atoms with Gasteiger partial charge in [-0.15, -0.1) is 0 Å². The lowest BCUT2D eigenvalue weighted by atomic mass is 9.75. The fourth-order valence-electron chi connectivity index (χ4n) is 7.92. The fraction of sp³-hybridized carbons (Fsp3) is 0.625. The van der Waals surface area contributed by atoms with Crippen LogP contribution in [0, 0.1) is 5.92 Å². The Hall–Kier alpha value is -3.35. The Morgan fingerprint density at radius 2 is 1.49 bits per heavy atom. The van der Waals surface area contributed by atoms with Gasteiger partial charge in [0.05, 0.1) is 24.9 Å². The number of carbonyl (C=O) groups is 3. The number of hydroxylamine groups is 1. The number of ether oxygens (including phenoxy) is 2. The maximum absolute atomic E-state index is 13.7. The lowest BCUT2D eigenvalue weighted by molar-refractivity contribution is -0.255. The maximum atomic E-state index is 13.7. The van der Waals surface area contributed by atoms with E-state index in [9.17, 15) is 19.5 Å². The second-order valence-corrected chi connectivity index (χ2v) is 15.6. The number of amides is 3. The quantitative estimate of drug-likeness (QED) is 0.0856. The van der Waals surface area contributed by atoms with Crippen LogP contribution < -0.4 is 16.1 Å². The van der Waals surface area contributed by atoms with Crippen molar-refractivity contribution in [1.29, 1.82) is 0 Å². The highest BCUT2D eigenvalue weighted by atomic mass is 16.7. The summed E-state index contributed by atoms with van der Waals surface area (Å²) < 4.78 is 13.4. The Morgan fingerprint density at radius 1 is 0.824 bits per heavy atom. The SMILES string of the molecule is CC(C)(C)NC(=O)[C@H]1CC[C@H]2CCCC[C@H]2N1C[C@H]1C[C@@H](c2ccc(CO)cc2)O[C@@H](c2ccc(NC(=O)CCCCCCC(=O)NO)cc2)O1. The lowest BCUT2D eigenvalue weighted by Crippen LogP contribution is -2.61. The molecule has 280 valence electrons. The van der Waals surface area contributed by atoms with Crippen molar-refractivity contribution in [3.05, 3.63) is 65.2 Å². The zero-order valence-corrected chi connectivity index (χ0v) is 30.6. The number of fused-ring (bicyclic) bond motifs is 1. The molecule has 2 heterocycles. The van der Waals surface area contributed by atoms with Gasteiger partial charge in [0.15, 0.2) is 6.29 Å². The zero-order valence-electron chi connectivity index (χ0n) is 30.6. The third kappa shape index (κ3) is 11.3. The first-order valence-corrected chi connectivity index (χ1v) is 18.9. The number of hydrogen-bond donors (Lipinski definition) is 5. The number of unbranched alkanes of at least 4 members (excludes halogenated alkanes) is 3. The van der Waals surface area contributed by atoms with E-state index in [1.165, 1.54) is 19.3 Å². The van der Waals surface area contributed by atoms with Crippen molar-refractivity contribution < 1.29 is 34.2 Å². The molecule has 2 saturated heterocycles. The number of aliphatic hydroxyl groups excluding tert-OH is 1. The molecule has 0 radical (unpaired) electrons. The van der Waals surface area contributed by atoms with Gasteiger partial charge in [0.2, 0.25) is 17.7 Å². The average Bonchev–Trinajstić information content (AvgIpc) is 3.12. The second-order valence-electron chi connectivity index (χ2n) is 15.6. The third-order valence-corrected chi connectivity index (χ3v) is 10.5. The predicted octanol–water partition coefficient (Wildman–Crippen LogP) is 6.45. The van der Waals surface area contributed by atoms with Crippen molar-refractivity contribution in [2.45, 2.75) is 147 Å². The highest BCUT2D eigenvalue weighted by molar-refractivity contribution is 5.90. The zero-order chi connectivity index (χ0) is 36.4. The summed E-state index contributed by atoms with van der Waals surface area (Å²) in [6.07, 6.45) is 9.91. The molecule has 0 spiro atoms. The van der Waals surface area contributed by atoms with Gasteiger partial charge in [-0.3, -0.25) is 24.5 Å². The minimum Gasteiger partial charge on any atom is -0.392 e. The molecule has 6 atom stereocenters. The average molecular weight is 707 g/mol. The van der Waals surface area contributed by atoms with Crippen molar-refractivity contribution >= 4 is 23.4 Å². The lowest BCUT2D eigenvalue weighted by Gasteiger charge is -2.50. The summed E-state index contributed by atoms with van der Waals surface area (Å²) in [6.45, 7) is 6.71. The molecule has 3 amide bonds. The molecule has 0 bridgehead atoms. The normalized spacial score (nSPS) is 25.4. The number of piperidine rings is 1. The Labute approximate surface area is 302 Å². The summed E-state index contributed by atoms with van der Waals surface area (Å²) in [7, 11) is 0. The number of rotatable bonds is 14. The van der Waals surface area contributed by atoms with Crippen LogP contribution in [0.2, 0.25) is 0 Å². The van der Waals surface area contributed by atoms with E-state index >= 15 is 0 Å². The monoisotopic (exact) mass is 706 g/mol. The number of nitrogens with zero attached hydrogens (tertiary/aromatic N) is 1. The molecule has 3 aliphatic rings. The van der Waals surface area contributed by atoms with E-state index in [-0.39, 0.29) is 48.6 Å². The van der Waals surface area contributed by atoms with Crippen molar-refractivity contribution in [3.8, 4) is 0 Å². The topological polar surface area (TPSA) is 149 Å². The number of anilines is 1. The Bertz CT molecular complexity index is 1430. The van der Waals surface area contributed by atoms with Crippen LogP contribution in [-0.2, 0) is 30.5 Å². The van der Waals surface area contributed by atoms with Gasteiger partial charge in [-0.25, -0.2) is 5.48 Å². The van der Waals surface area contributed by atoms with Gasteiger partial charge in [-0.1, -0.05) is 62.1 Å². The molecule has 11 nitrogen and oxygen atoms in total. The summed E-state index contributed by atoms with van der Waals surface area (Å²) >= 11 is 0. The van der Waals surface area contributed by atoms with Crippen LogP contribution in [0.15, 0.2) is 48.5 Å². The molecule has 3 fully saturated rings. The maximum Gasteiger partial charge on any atom is 0.243 e. The van der Waals surface area contributed by atoms with E-state index in [1.54, 1.807) is 5.48 Å². The number of nitrogens with one attached hydrogen (secondary N) is 3. The van der Waals surface area contributed by atoms with E-state index in [1.807, 2.05) is 69.3 Å². The number of benzene rings is 2. The van der Waals surface area contributed by atoms with Gasteiger partial charge in [-0.2, -0.15) is 0 Å². The molecule has 0 aromatic heterocycles. The van der Waals surface area contributed by atoms with E-state index in [4.69, 9.17) is 14.7 Å². The van der Waals surface area contributed by atoms with Crippen LogP contribution >= 0.6 is 0 Å². The van der Waals surface area contributed by atoms with Crippen LogP contribution in [0.5, 0.6) is 0 Å². The van der Waals surface area contributed by atoms with Crippen LogP contribution in [0.4, 0.5) is 5.69 Å². The first kappa shape index (κ1) is 38.9. The van der Waals surface area contributed by atoms with Crippen LogP contribution in [0.25, 0.3) is 0 Å². The summed E-state index contributed by atoms with van der Waals surface area (Å²) in [5.41, 5.74) is 4.72. The number of hydrogen-bond acceptors (Lipinski definition) is 8. The van der Waals surface area contributed by atoms with Gasteiger partial charge in [0, 0.05) is 48.6 Å². The van der Waals surface area contributed by atoms with Crippen molar-refractivity contribution in [2.24, 2.45) is 5.92 Å². The molecular weight excluding hydrogens is 648 g/mol. The summed E-state index contributed by atoms with van der Waals surface area (Å²) in [5, 5.41) is 24.5. The molecule has 2 aliphatic heterocycles. The van der Waals surface area contributed by atoms with Crippen molar-refractivity contribution in [3.63, 3.8) is 0 Å². The van der Waals surface area contributed by atoms with Gasteiger partial charge < -0.3 is 25.2 Å². The first-order valence-electron chi connectivity index (χ1n) is 18.9. The standard InChI is InChI=1S/C40H58N4O7/c1-40(2,3)42-38(48)34-23-20-28-10-8-9-11-33(28)44(34)25-32-24-35(29-16-14-27(26-45)15-17-29)51-39(50-32)30-18-21-31(22-19-30)41-36(46)12-6-4-5-7-13-37(47)43-49/h14-19,21-22,28,32-35,39,45,49H,4-13,20,23-26H2,1-3H3,(H,41,46)(H,42,48)(H,43,47)/t28-,32-,33-,34-,35+,39+/m1/s1. The molecule has 51 heavy (non-hydrogen) atoms. The van der Waals surface area contributed by atoms with Crippen LogP contribution in [-0.4, -0.2) is 63.2 Å². The molecule has 2 aromatic rings. The molecule has 2 aromatic carbocycles. The highest BCUT2D eigenvalue weighted by Crippen LogP contribution is 2.42. The third-order valence-electron chi connectivity index (χ3n) is 10.5. The van der Waals surface area contributed by atoms with E-state index in [2.05, 4.69) is 15.5 Å². The van der Waals surface area contributed by atoms with E-state index < -0.39 is 12.2 Å². The minimum atomic E-state index is -0.641. The smallest absolute Gasteiger partial charge is 0.243 e. The van der Waals surface area contributed by atoms with Gasteiger partial charge >= 0.3 is 0 Å². The van der Waals surface area contributed by atoms with Gasteiger partial charge in [0.1, 0.15) is 0 Å². The molecule has 0 unspecified atom stereocenters. The van der Waals surface area contributed by atoms with Crippen molar-refractivity contribution in [2.75, 3.05) is 11.9 Å². The minimum absolute atomic E-state index is 0.0237.